The van der Waals surface area contributed by atoms with E-state index in [0.29, 0.717) is 0 Å². The van der Waals surface area contributed by atoms with Crippen LogP contribution in [0.5, 0.6) is 0 Å². The summed E-state index contributed by atoms with van der Waals surface area (Å²) in [5.74, 6) is -1.94. The summed E-state index contributed by atoms with van der Waals surface area (Å²) in [6.45, 7) is 1.65. The molecule has 0 heterocycles. The van der Waals surface area contributed by atoms with E-state index in [1.54, 1.807) is 6.92 Å². The number of halogens is 3. The summed E-state index contributed by atoms with van der Waals surface area (Å²) in [6, 6.07) is -2.13. The van der Waals surface area contributed by atoms with E-state index in [1.165, 1.54) is 0 Å². The third kappa shape index (κ3) is 4.15. The summed E-state index contributed by atoms with van der Waals surface area (Å²) < 4.78 is 42.6. The van der Waals surface area contributed by atoms with E-state index in [9.17, 15) is 18.0 Å². The van der Waals surface area contributed by atoms with Gasteiger partial charge in [0, 0.05) is 0 Å². The number of carbonyl (C=O) groups excluding carboxylic acids is 1. The van der Waals surface area contributed by atoms with E-state index in [2.05, 4.69) is 0 Å². The van der Waals surface area contributed by atoms with Crippen LogP contribution in [0.4, 0.5) is 13.2 Å². The molecule has 1 fully saturated rings. The molecule has 2 N–H and O–H groups in total. The highest BCUT2D eigenvalue weighted by atomic mass is 19.4. The predicted molar refractivity (Wildman–Crippen MR) is 60.7 cm³/mol. The maximum atomic E-state index is 12.6. The van der Waals surface area contributed by atoms with Crippen LogP contribution in [0.1, 0.15) is 39.0 Å². The Kier molecular flexibility index (Phi) is 5.44. The Balaban J connectivity index is 2.70. The zero-order valence-corrected chi connectivity index (χ0v) is 10.5. The highest BCUT2D eigenvalue weighted by Gasteiger charge is 2.46. The van der Waals surface area contributed by atoms with Crippen molar-refractivity contribution >= 4 is 5.97 Å². The molecule has 6 heteroatoms. The molecule has 1 saturated carbocycles. The highest BCUT2D eigenvalue weighted by molar-refractivity contribution is 5.73. The molecule has 0 radical (unpaired) electrons. The molecule has 0 spiro atoms. The number of esters is 1. The van der Waals surface area contributed by atoms with Gasteiger partial charge in [0.25, 0.3) is 0 Å². The number of ether oxygens (including phenoxy) is 1. The third-order valence-electron chi connectivity index (χ3n) is 3.46. The van der Waals surface area contributed by atoms with E-state index in [0.717, 1.165) is 25.7 Å². The van der Waals surface area contributed by atoms with Crippen molar-refractivity contribution in [1.82, 2.24) is 0 Å². The molecular formula is C12H20F3NO2. The zero-order chi connectivity index (χ0) is 13.8. The van der Waals surface area contributed by atoms with Crippen LogP contribution in [0, 0.1) is 11.8 Å². The van der Waals surface area contributed by atoms with Crippen LogP contribution in [-0.2, 0) is 9.53 Å². The van der Waals surface area contributed by atoms with Crippen molar-refractivity contribution in [3.8, 4) is 0 Å². The molecule has 0 aromatic carbocycles. The quantitative estimate of drug-likeness (QED) is 0.779. The summed E-state index contributed by atoms with van der Waals surface area (Å²) in [5.41, 5.74) is 5.18. The summed E-state index contributed by atoms with van der Waals surface area (Å²) in [5, 5.41) is 0. The number of rotatable bonds is 5. The van der Waals surface area contributed by atoms with Gasteiger partial charge in [0.1, 0.15) is 6.04 Å². The van der Waals surface area contributed by atoms with Crippen LogP contribution < -0.4 is 5.73 Å². The van der Waals surface area contributed by atoms with Crippen LogP contribution in [0.25, 0.3) is 0 Å². The molecule has 106 valence electrons. The second-order valence-corrected chi connectivity index (χ2v) is 4.81. The number of nitrogens with two attached hydrogens (primary N) is 1. The van der Waals surface area contributed by atoms with Crippen molar-refractivity contribution in [2.24, 2.45) is 17.6 Å². The van der Waals surface area contributed by atoms with Gasteiger partial charge < -0.3 is 10.5 Å². The Morgan fingerprint density at radius 2 is 1.94 bits per heavy atom. The average molecular weight is 267 g/mol. The van der Waals surface area contributed by atoms with Gasteiger partial charge in [-0.25, -0.2) is 0 Å². The Morgan fingerprint density at radius 3 is 2.39 bits per heavy atom. The second kappa shape index (κ2) is 6.41. The topological polar surface area (TPSA) is 52.3 Å². The van der Waals surface area contributed by atoms with Crippen molar-refractivity contribution in [2.75, 3.05) is 6.61 Å². The molecule has 1 aliphatic rings. The van der Waals surface area contributed by atoms with Gasteiger partial charge in [-0.2, -0.15) is 13.2 Å². The molecule has 0 bridgehead atoms. The molecule has 0 amide bonds. The van der Waals surface area contributed by atoms with E-state index in [-0.39, 0.29) is 18.9 Å². The van der Waals surface area contributed by atoms with Crippen molar-refractivity contribution in [2.45, 2.75) is 51.2 Å². The molecule has 0 saturated heterocycles. The fraction of sp³-hybridized carbons (Fsp3) is 0.917. The predicted octanol–water partition coefficient (Wildman–Crippen LogP) is 2.64. The van der Waals surface area contributed by atoms with Gasteiger partial charge in [-0.1, -0.05) is 25.7 Å². The average Bonchev–Trinajstić information content (AvgIpc) is 2.76. The van der Waals surface area contributed by atoms with Crippen LogP contribution >= 0.6 is 0 Å². The molecule has 1 aliphatic carbocycles. The Hall–Kier alpha value is -0.780. The maximum Gasteiger partial charge on any atom is 0.404 e. The molecule has 0 aromatic heterocycles. The zero-order valence-electron chi connectivity index (χ0n) is 10.5. The first kappa shape index (κ1) is 15.3. The second-order valence-electron chi connectivity index (χ2n) is 4.81. The fourth-order valence-corrected chi connectivity index (χ4v) is 2.47. The lowest BCUT2D eigenvalue weighted by atomic mass is 9.88. The van der Waals surface area contributed by atoms with E-state index in [1.807, 2.05) is 0 Å². The first-order valence-electron chi connectivity index (χ1n) is 6.35. The number of hydrogen-bond acceptors (Lipinski definition) is 3. The van der Waals surface area contributed by atoms with Crippen molar-refractivity contribution in [3.05, 3.63) is 0 Å². The first-order chi connectivity index (χ1) is 8.36. The van der Waals surface area contributed by atoms with Crippen LogP contribution in [-0.4, -0.2) is 24.8 Å². The Morgan fingerprint density at radius 1 is 1.39 bits per heavy atom. The van der Waals surface area contributed by atoms with E-state index in [4.69, 9.17) is 10.5 Å². The highest BCUT2D eigenvalue weighted by Crippen LogP contribution is 2.35. The number of carbonyl (C=O) groups is 1. The Labute approximate surface area is 105 Å². The lowest BCUT2D eigenvalue weighted by Crippen LogP contribution is -2.48. The van der Waals surface area contributed by atoms with Gasteiger partial charge in [-0.05, 0) is 19.3 Å². The molecule has 0 aliphatic heterocycles. The van der Waals surface area contributed by atoms with Gasteiger partial charge in [-0.3, -0.25) is 4.79 Å². The van der Waals surface area contributed by atoms with Crippen LogP contribution in [0.15, 0.2) is 0 Å². The minimum atomic E-state index is -4.56. The van der Waals surface area contributed by atoms with Crippen molar-refractivity contribution < 1.29 is 22.7 Å². The van der Waals surface area contributed by atoms with Gasteiger partial charge >= 0.3 is 12.1 Å². The van der Waals surface area contributed by atoms with Gasteiger partial charge in [0.05, 0.1) is 12.5 Å². The maximum absolute atomic E-state index is 12.6. The number of hydrogen-bond donors (Lipinski definition) is 1. The van der Waals surface area contributed by atoms with Crippen molar-refractivity contribution in [1.29, 1.82) is 0 Å². The summed E-state index contributed by atoms with van der Waals surface area (Å²) >= 11 is 0. The monoisotopic (exact) mass is 267 g/mol. The molecule has 0 aromatic rings. The molecule has 18 heavy (non-hydrogen) atoms. The molecule has 2 atom stereocenters. The van der Waals surface area contributed by atoms with Gasteiger partial charge in [0.15, 0.2) is 0 Å². The van der Waals surface area contributed by atoms with E-state index >= 15 is 0 Å². The minimum absolute atomic E-state index is 0.0740. The molecular weight excluding hydrogens is 247 g/mol. The standard InChI is InChI=1S/C12H20F3NO2/c1-2-18-11(17)9(10(16)12(13,14)15)7-8-5-3-4-6-8/h8-10H,2-7,16H2,1H3/t9-,10-/m1/s1. The largest absolute Gasteiger partial charge is 0.466 e. The Bertz CT molecular complexity index is 275. The summed E-state index contributed by atoms with van der Waals surface area (Å²) in [4.78, 5) is 11.6. The third-order valence-corrected chi connectivity index (χ3v) is 3.46. The van der Waals surface area contributed by atoms with Crippen LogP contribution in [0.2, 0.25) is 0 Å². The summed E-state index contributed by atoms with van der Waals surface area (Å²) in [6.07, 6.45) is -0.598. The lowest BCUT2D eigenvalue weighted by Gasteiger charge is -2.26. The first-order valence-corrected chi connectivity index (χ1v) is 6.35. The smallest absolute Gasteiger partial charge is 0.404 e. The van der Waals surface area contributed by atoms with Gasteiger partial charge in [-0.15, -0.1) is 0 Å². The number of alkyl halides is 3. The molecule has 0 unspecified atom stereocenters. The van der Waals surface area contributed by atoms with Crippen molar-refractivity contribution in [3.63, 3.8) is 0 Å². The SMILES string of the molecule is CCOC(=O)[C@H](CC1CCCC1)[C@@H](N)C(F)(F)F. The minimum Gasteiger partial charge on any atom is -0.466 e. The normalized spacial score (nSPS) is 20.7. The fourth-order valence-electron chi connectivity index (χ4n) is 2.47. The molecule has 3 nitrogen and oxygen atoms in total. The molecule has 1 rings (SSSR count). The van der Waals surface area contributed by atoms with E-state index < -0.39 is 24.1 Å². The lowest BCUT2D eigenvalue weighted by molar-refractivity contribution is -0.177. The van der Waals surface area contributed by atoms with Crippen LogP contribution in [0.3, 0.4) is 0 Å². The van der Waals surface area contributed by atoms with Gasteiger partial charge in [0.2, 0.25) is 0 Å². The summed E-state index contributed by atoms with van der Waals surface area (Å²) in [7, 11) is 0.